The number of piperidine rings is 1. The lowest BCUT2D eigenvalue weighted by molar-refractivity contribution is 0.0481. The summed E-state index contributed by atoms with van der Waals surface area (Å²) in [7, 11) is 4.31. The predicted molar refractivity (Wildman–Crippen MR) is 169 cm³/mol. The number of nitrogens with zero attached hydrogens (tertiary/aromatic N) is 4. The molecule has 3 fully saturated rings. The zero-order valence-corrected chi connectivity index (χ0v) is 24.4. The predicted octanol–water partition coefficient (Wildman–Crippen LogP) is 5.50. The molecule has 43 heavy (non-hydrogen) atoms. The SMILES string of the molecule is BN1CCC[C@H]1c1ncc(-c2ccc3c(c2)C(F)(F)c2cc(-c4ccc5nc([C@@H]6[C@H]7CC[C@H](C7)N6B)[nH]c5c4)ccc2-3)[nH]1. The van der Waals surface area contributed by atoms with E-state index in [0.29, 0.717) is 29.1 Å². The fraction of sp³-hybridized carbons (Fsp3) is 0.333. The van der Waals surface area contributed by atoms with Crippen LogP contribution in [0, 0.1) is 5.92 Å². The first-order chi connectivity index (χ1) is 20.8. The van der Waals surface area contributed by atoms with Crippen LogP contribution in [0.2, 0.25) is 0 Å². The van der Waals surface area contributed by atoms with Crippen molar-refractivity contribution in [2.45, 2.75) is 56.2 Å². The van der Waals surface area contributed by atoms with Gasteiger partial charge in [0.05, 0.1) is 35.0 Å². The summed E-state index contributed by atoms with van der Waals surface area (Å²) in [6.45, 7) is 1.04. The van der Waals surface area contributed by atoms with E-state index in [0.717, 1.165) is 64.5 Å². The molecule has 10 heteroatoms. The number of rotatable bonds is 4. The van der Waals surface area contributed by atoms with Crippen molar-refractivity contribution in [3.8, 4) is 33.5 Å². The molecule has 2 N–H and O–H groups in total. The number of halogens is 2. The van der Waals surface area contributed by atoms with Crippen LogP contribution in [0.5, 0.6) is 0 Å². The number of alkyl halides is 2. The minimum absolute atomic E-state index is 0.0509. The van der Waals surface area contributed by atoms with Gasteiger partial charge in [-0.05, 0) is 97.1 Å². The molecule has 4 heterocycles. The first-order valence-electron chi connectivity index (χ1n) is 15.5. The molecule has 2 saturated heterocycles. The average Bonchev–Trinajstić information content (AvgIpc) is 3.85. The van der Waals surface area contributed by atoms with E-state index in [9.17, 15) is 0 Å². The van der Waals surface area contributed by atoms with E-state index < -0.39 is 5.92 Å². The lowest BCUT2D eigenvalue weighted by Gasteiger charge is -2.30. The average molecular weight is 572 g/mol. The van der Waals surface area contributed by atoms with Gasteiger partial charge in [-0.25, -0.2) is 9.97 Å². The Morgan fingerprint density at radius 2 is 1.58 bits per heavy atom. The zero-order chi connectivity index (χ0) is 29.0. The molecule has 2 bridgehead atoms. The van der Waals surface area contributed by atoms with Gasteiger partial charge in [0.15, 0.2) is 16.0 Å². The lowest BCUT2D eigenvalue weighted by Crippen LogP contribution is -2.33. The topological polar surface area (TPSA) is 63.8 Å². The summed E-state index contributed by atoms with van der Waals surface area (Å²) in [4.78, 5) is 21.3. The summed E-state index contributed by atoms with van der Waals surface area (Å²) >= 11 is 0. The van der Waals surface area contributed by atoms with Crippen LogP contribution in [0.4, 0.5) is 8.78 Å². The molecule has 2 aliphatic heterocycles. The van der Waals surface area contributed by atoms with Crippen molar-refractivity contribution in [2.75, 3.05) is 6.54 Å². The fourth-order valence-electron chi connectivity index (χ4n) is 8.45. The molecule has 2 aliphatic carbocycles. The Balaban J connectivity index is 1.03. The maximum Gasteiger partial charge on any atom is 0.299 e. The second-order valence-corrected chi connectivity index (χ2v) is 13.1. The summed E-state index contributed by atoms with van der Waals surface area (Å²) in [5.74, 6) is -0.518. The number of imidazole rings is 2. The second-order valence-electron chi connectivity index (χ2n) is 13.1. The van der Waals surface area contributed by atoms with E-state index in [1.807, 2.05) is 36.4 Å². The Kier molecular flexibility index (Phi) is 5.46. The third kappa shape index (κ3) is 3.78. The van der Waals surface area contributed by atoms with Crippen LogP contribution < -0.4 is 0 Å². The van der Waals surface area contributed by atoms with E-state index in [1.54, 1.807) is 18.3 Å². The molecule has 1 saturated carbocycles. The van der Waals surface area contributed by atoms with Crippen molar-refractivity contribution in [1.29, 1.82) is 0 Å². The van der Waals surface area contributed by atoms with Crippen LogP contribution in [0.25, 0.3) is 44.5 Å². The number of aromatic nitrogens is 4. The molecule has 214 valence electrons. The molecule has 9 rings (SSSR count). The molecule has 3 aromatic carbocycles. The number of hydrogen-bond donors (Lipinski definition) is 2. The van der Waals surface area contributed by atoms with Crippen molar-refractivity contribution < 1.29 is 8.78 Å². The third-order valence-corrected chi connectivity index (χ3v) is 10.8. The van der Waals surface area contributed by atoms with Gasteiger partial charge in [0.1, 0.15) is 11.6 Å². The van der Waals surface area contributed by atoms with Gasteiger partial charge in [-0.3, -0.25) is 0 Å². The van der Waals surface area contributed by atoms with E-state index in [2.05, 4.69) is 46.6 Å². The van der Waals surface area contributed by atoms with Crippen LogP contribution in [-0.2, 0) is 5.92 Å². The molecule has 0 unspecified atom stereocenters. The van der Waals surface area contributed by atoms with Gasteiger partial charge >= 0.3 is 0 Å². The van der Waals surface area contributed by atoms with Gasteiger partial charge in [-0.15, -0.1) is 0 Å². The van der Waals surface area contributed by atoms with E-state index in [-0.39, 0.29) is 17.2 Å². The first kappa shape index (κ1) is 25.7. The van der Waals surface area contributed by atoms with Gasteiger partial charge in [0.2, 0.25) is 0 Å². The number of hydrogen-bond acceptors (Lipinski definition) is 4. The molecule has 2 aromatic heterocycles. The standard InChI is InChI=1S/C33H32B2F2N6/c34-42-11-1-2-29(42)31-38-16-28(41-31)19-5-9-23-22-8-4-17(13-24(22)33(36,37)25(23)14-19)18-6-10-26-27(15-18)40-32(39-26)30-20-3-7-21(12-20)43(30)35/h4-6,8-10,13-16,20-21,29-30H,1-3,7,11-12,34-35H2,(H,38,41)(H,39,40)/t20-,21+,29-,30-/m0/s1. The van der Waals surface area contributed by atoms with Crippen molar-refractivity contribution in [3.63, 3.8) is 0 Å². The molecule has 6 nitrogen and oxygen atoms in total. The number of nitrogens with one attached hydrogen (secondary N) is 2. The van der Waals surface area contributed by atoms with Crippen LogP contribution in [-0.4, -0.2) is 58.1 Å². The summed E-state index contributed by atoms with van der Waals surface area (Å²) in [6.07, 6.45) is 7.74. The highest BCUT2D eigenvalue weighted by Gasteiger charge is 2.46. The van der Waals surface area contributed by atoms with Gasteiger partial charge in [0, 0.05) is 16.7 Å². The molecule has 0 amide bonds. The monoisotopic (exact) mass is 572 g/mol. The molecular formula is C33H32B2F2N6. The Morgan fingerprint density at radius 1 is 0.837 bits per heavy atom. The van der Waals surface area contributed by atoms with E-state index >= 15 is 8.78 Å². The smallest absolute Gasteiger partial charge is 0.299 e. The van der Waals surface area contributed by atoms with Gasteiger partial charge in [-0.2, -0.15) is 8.78 Å². The van der Waals surface area contributed by atoms with Crippen molar-refractivity contribution in [2.24, 2.45) is 5.92 Å². The summed E-state index contributed by atoms with van der Waals surface area (Å²) in [6, 6.07) is 18.1. The highest BCUT2D eigenvalue weighted by Crippen LogP contribution is 2.53. The number of aromatic amines is 2. The molecule has 4 aliphatic rings. The molecule has 0 spiro atoms. The van der Waals surface area contributed by atoms with Crippen molar-refractivity contribution >= 4 is 27.0 Å². The minimum atomic E-state index is -3.09. The van der Waals surface area contributed by atoms with E-state index in [4.69, 9.17) is 4.98 Å². The van der Waals surface area contributed by atoms with Gasteiger partial charge in [0.25, 0.3) is 5.92 Å². The molecule has 0 radical (unpaired) electrons. The maximum atomic E-state index is 16.1. The summed E-state index contributed by atoms with van der Waals surface area (Å²) in [5.41, 5.74) is 6.35. The Morgan fingerprint density at radius 3 is 2.33 bits per heavy atom. The third-order valence-electron chi connectivity index (χ3n) is 10.8. The van der Waals surface area contributed by atoms with Gasteiger partial charge in [-0.1, -0.05) is 30.3 Å². The van der Waals surface area contributed by atoms with Crippen LogP contribution in [0.15, 0.2) is 60.8 Å². The maximum absolute atomic E-state index is 16.1. The number of benzene rings is 3. The normalized spacial score (nSPS) is 26.0. The highest BCUT2D eigenvalue weighted by molar-refractivity contribution is 6.05. The van der Waals surface area contributed by atoms with Crippen LogP contribution in [0.3, 0.4) is 0 Å². The quantitative estimate of drug-likeness (QED) is 0.280. The second kappa shape index (κ2) is 9.13. The number of H-pyrrole nitrogens is 2. The fourth-order valence-corrected chi connectivity index (χ4v) is 8.45. The Bertz CT molecular complexity index is 1910. The summed E-state index contributed by atoms with van der Waals surface area (Å²) < 4.78 is 32.2. The minimum Gasteiger partial charge on any atom is -0.341 e. The van der Waals surface area contributed by atoms with Gasteiger partial charge < -0.3 is 19.6 Å². The first-order valence-corrected chi connectivity index (χ1v) is 15.5. The largest absolute Gasteiger partial charge is 0.341 e. The molecule has 4 atom stereocenters. The van der Waals surface area contributed by atoms with Crippen molar-refractivity contribution in [1.82, 2.24) is 29.6 Å². The van der Waals surface area contributed by atoms with Crippen LogP contribution >= 0.6 is 0 Å². The Hall–Kier alpha value is -3.75. The highest BCUT2D eigenvalue weighted by atomic mass is 19.3. The number of fused-ring (bicyclic) bond motifs is 6. The summed E-state index contributed by atoms with van der Waals surface area (Å²) in [5, 5.41) is 0. The zero-order valence-electron chi connectivity index (χ0n) is 24.4. The molecule has 5 aromatic rings. The van der Waals surface area contributed by atoms with E-state index in [1.165, 1.54) is 19.3 Å². The molecular weight excluding hydrogens is 540 g/mol. The van der Waals surface area contributed by atoms with Crippen LogP contribution in [0.1, 0.15) is 67.0 Å². The lowest BCUT2D eigenvalue weighted by atomic mass is 9.96. The Labute approximate surface area is 250 Å². The van der Waals surface area contributed by atoms with Crippen molar-refractivity contribution in [3.05, 3.63) is 83.6 Å².